The van der Waals surface area contributed by atoms with Gasteiger partial charge >= 0.3 is 0 Å². The van der Waals surface area contributed by atoms with Gasteiger partial charge in [-0.05, 0) is 25.3 Å². The summed E-state index contributed by atoms with van der Waals surface area (Å²) < 4.78 is 16.5. The van der Waals surface area contributed by atoms with Crippen LogP contribution < -0.4 is 5.32 Å². The molecule has 2 heterocycles. The second-order valence-electron chi connectivity index (χ2n) is 4.59. The van der Waals surface area contributed by atoms with Crippen LogP contribution in [0.25, 0.3) is 0 Å². The van der Waals surface area contributed by atoms with Gasteiger partial charge in [-0.3, -0.25) is 0 Å². The molecule has 0 aromatic rings. The molecule has 4 heteroatoms. The van der Waals surface area contributed by atoms with Crippen LogP contribution in [0.5, 0.6) is 0 Å². The summed E-state index contributed by atoms with van der Waals surface area (Å²) in [5.41, 5.74) is 0. The van der Waals surface area contributed by atoms with Crippen molar-refractivity contribution in [2.45, 2.75) is 38.5 Å². The van der Waals surface area contributed by atoms with Crippen LogP contribution in [0, 0.1) is 5.92 Å². The maximum atomic E-state index is 5.52. The average Bonchev–Trinajstić information content (AvgIpc) is 2.96. The molecule has 0 spiro atoms. The van der Waals surface area contributed by atoms with Gasteiger partial charge in [0.05, 0.1) is 19.8 Å². The van der Waals surface area contributed by atoms with Gasteiger partial charge in [0, 0.05) is 19.1 Å². The first kappa shape index (κ1) is 12.3. The summed E-state index contributed by atoms with van der Waals surface area (Å²) in [6.07, 6.45) is 3.27. The standard InChI is InChI=1S/C12H23NO3/c1-2-4-13-11(10-3-5-14-9-10)8-12-15-6-7-16-12/h10-13H,2-9H2,1H3. The highest BCUT2D eigenvalue weighted by Crippen LogP contribution is 2.22. The van der Waals surface area contributed by atoms with Gasteiger partial charge in [-0.15, -0.1) is 0 Å². The molecule has 2 atom stereocenters. The molecule has 2 aliphatic rings. The Balaban J connectivity index is 1.80. The van der Waals surface area contributed by atoms with E-state index in [-0.39, 0.29) is 6.29 Å². The van der Waals surface area contributed by atoms with Crippen molar-refractivity contribution < 1.29 is 14.2 Å². The van der Waals surface area contributed by atoms with E-state index >= 15 is 0 Å². The lowest BCUT2D eigenvalue weighted by Gasteiger charge is -2.25. The summed E-state index contributed by atoms with van der Waals surface area (Å²) in [4.78, 5) is 0. The number of ether oxygens (including phenoxy) is 3. The van der Waals surface area contributed by atoms with Crippen molar-refractivity contribution in [1.29, 1.82) is 0 Å². The number of rotatable bonds is 6. The van der Waals surface area contributed by atoms with Crippen molar-refractivity contribution in [3.05, 3.63) is 0 Å². The molecule has 2 saturated heterocycles. The number of hydrogen-bond acceptors (Lipinski definition) is 4. The summed E-state index contributed by atoms with van der Waals surface area (Å²) in [5.74, 6) is 0.624. The van der Waals surface area contributed by atoms with E-state index < -0.39 is 0 Å². The lowest BCUT2D eigenvalue weighted by molar-refractivity contribution is -0.0566. The first-order valence-electron chi connectivity index (χ1n) is 6.44. The zero-order valence-corrected chi connectivity index (χ0v) is 10.1. The summed E-state index contributed by atoms with van der Waals surface area (Å²) in [6, 6.07) is 0.477. The highest BCUT2D eigenvalue weighted by molar-refractivity contribution is 4.81. The normalized spacial score (nSPS) is 28.7. The van der Waals surface area contributed by atoms with Crippen LogP contribution in [0.2, 0.25) is 0 Å². The van der Waals surface area contributed by atoms with Crippen LogP contribution in [0.4, 0.5) is 0 Å². The molecule has 0 radical (unpaired) electrons. The van der Waals surface area contributed by atoms with Gasteiger partial charge < -0.3 is 19.5 Å². The Morgan fingerprint density at radius 1 is 1.25 bits per heavy atom. The van der Waals surface area contributed by atoms with E-state index in [0.717, 1.165) is 52.2 Å². The quantitative estimate of drug-likeness (QED) is 0.742. The van der Waals surface area contributed by atoms with E-state index in [1.165, 1.54) is 0 Å². The molecule has 0 aliphatic carbocycles. The fourth-order valence-corrected chi connectivity index (χ4v) is 2.39. The lowest BCUT2D eigenvalue weighted by Crippen LogP contribution is -2.40. The van der Waals surface area contributed by atoms with Crippen LogP contribution in [-0.2, 0) is 14.2 Å². The molecular formula is C12H23NO3. The van der Waals surface area contributed by atoms with Crippen molar-refractivity contribution >= 4 is 0 Å². The maximum Gasteiger partial charge on any atom is 0.159 e. The SMILES string of the molecule is CCCNC(CC1OCCO1)C1CCOC1. The summed E-state index contributed by atoms with van der Waals surface area (Å²) in [7, 11) is 0. The molecule has 2 fully saturated rings. The van der Waals surface area contributed by atoms with Crippen molar-refractivity contribution in [3.8, 4) is 0 Å². The molecule has 0 amide bonds. The minimum atomic E-state index is -0.00467. The van der Waals surface area contributed by atoms with E-state index in [9.17, 15) is 0 Å². The van der Waals surface area contributed by atoms with Gasteiger partial charge in [0.25, 0.3) is 0 Å². The lowest BCUT2D eigenvalue weighted by atomic mass is 9.96. The zero-order valence-electron chi connectivity index (χ0n) is 10.1. The monoisotopic (exact) mass is 229 g/mol. The molecular weight excluding hydrogens is 206 g/mol. The second-order valence-corrected chi connectivity index (χ2v) is 4.59. The molecule has 94 valence electrons. The number of hydrogen-bond donors (Lipinski definition) is 1. The van der Waals surface area contributed by atoms with Gasteiger partial charge in [0.15, 0.2) is 6.29 Å². The fourth-order valence-electron chi connectivity index (χ4n) is 2.39. The molecule has 4 nitrogen and oxygen atoms in total. The molecule has 0 saturated carbocycles. The smallest absolute Gasteiger partial charge is 0.159 e. The molecule has 16 heavy (non-hydrogen) atoms. The van der Waals surface area contributed by atoms with Crippen LogP contribution in [0.15, 0.2) is 0 Å². The van der Waals surface area contributed by atoms with E-state index in [4.69, 9.17) is 14.2 Å². The second kappa shape index (κ2) is 6.55. The third kappa shape index (κ3) is 3.42. The van der Waals surface area contributed by atoms with Crippen molar-refractivity contribution in [3.63, 3.8) is 0 Å². The summed E-state index contributed by atoms with van der Waals surface area (Å²) in [6.45, 7) is 6.53. The van der Waals surface area contributed by atoms with Crippen LogP contribution in [-0.4, -0.2) is 45.3 Å². The first-order chi connectivity index (χ1) is 7.90. The van der Waals surface area contributed by atoms with Crippen molar-refractivity contribution in [2.24, 2.45) is 5.92 Å². The van der Waals surface area contributed by atoms with Gasteiger partial charge in [0.1, 0.15) is 0 Å². The van der Waals surface area contributed by atoms with E-state index in [2.05, 4.69) is 12.2 Å². The minimum Gasteiger partial charge on any atom is -0.381 e. The predicted molar refractivity (Wildman–Crippen MR) is 61.3 cm³/mol. The fraction of sp³-hybridized carbons (Fsp3) is 1.00. The Bertz CT molecular complexity index is 189. The third-order valence-electron chi connectivity index (χ3n) is 3.33. The average molecular weight is 229 g/mol. The van der Waals surface area contributed by atoms with E-state index in [1.54, 1.807) is 0 Å². The molecule has 2 rings (SSSR count). The summed E-state index contributed by atoms with van der Waals surface area (Å²) >= 11 is 0. The molecule has 2 unspecified atom stereocenters. The van der Waals surface area contributed by atoms with E-state index in [1.807, 2.05) is 0 Å². The Hall–Kier alpha value is -0.160. The van der Waals surface area contributed by atoms with Gasteiger partial charge in [0.2, 0.25) is 0 Å². The Morgan fingerprint density at radius 2 is 2.06 bits per heavy atom. The Labute approximate surface area is 97.6 Å². The van der Waals surface area contributed by atoms with Gasteiger partial charge in [-0.25, -0.2) is 0 Å². The van der Waals surface area contributed by atoms with E-state index in [0.29, 0.717) is 12.0 Å². The Morgan fingerprint density at radius 3 is 2.69 bits per heavy atom. The topological polar surface area (TPSA) is 39.7 Å². The third-order valence-corrected chi connectivity index (χ3v) is 3.33. The maximum absolute atomic E-state index is 5.52. The first-order valence-corrected chi connectivity index (χ1v) is 6.44. The van der Waals surface area contributed by atoms with Gasteiger partial charge in [-0.1, -0.05) is 6.92 Å². The van der Waals surface area contributed by atoms with Crippen molar-refractivity contribution in [1.82, 2.24) is 5.32 Å². The predicted octanol–water partition coefficient (Wildman–Crippen LogP) is 1.15. The summed E-state index contributed by atoms with van der Waals surface area (Å²) in [5, 5.41) is 3.60. The molecule has 1 N–H and O–H groups in total. The van der Waals surface area contributed by atoms with Gasteiger partial charge in [-0.2, -0.15) is 0 Å². The van der Waals surface area contributed by atoms with Crippen LogP contribution in [0.3, 0.4) is 0 Å². The molecule has 0 aromatic carbocycles. The zero-order chi connectivity index (χ0) is 11.2. The largest absolute Gasteiger partial charge is 0.381 e. The highest BCUT2D eigenvalue weighted by atomic mass is 16.7. The van der Waals surface area contributed by atoms with Crippen LogP contribution >= 0.6 is 0 Å². The van der Waals surface area contributed by atoms with Crippen LogP contribution in [0.1, 0.15) is 26.2 Å². The molecule has 0 bridgehead atoms. The minimum absolute atomic E-state index is 0.00467. The number of nitrogens with one attached hydrogen (secondary N) is 1. The Kier molecular flexibility index (Phi) is 5.03. The van der Waals surface area contributed by atoms with Crippen molar-refractivity contribution in [2.75, 3.05) is 33.0 Å². The molecule has 2 aliphatic heterocycles. The highest BCUT2D eigenvalue weighted by Gasteiger charge is 2.29. The molecule has 0 aromatic heterocycles.